The van der Waals surface area contributed by atoms with E-state index in [1.165, 1.54) is 6.07 Å². The molecule has 4 N–H and O–H groups in total. The molecule has 0 saturated heterocycles. The number of benzene rings is 1. The normalized spacial score (nSPS) is 32.6. The first-order valence-corrected chi connectivity index (χ1v) is 10.1. The van der Waals surface area contributed by atoms with Crippen molar-refractivity contribution in [3.8, 4) is 0 Å². The van der Waals surface area contributed by atoms with E-state index >= 15 is 0 Å². The van der Waals surface area contributed by atoms with E-state index in [1.807, 2.05) is 0 Å². The Bertz CT molecular complexity index is 801. The summed E-state index contributed by atoms with van der Waals surface area (Å²) in [5.41, 5.74) is 0.494. The topological polar surface area (TPSA) is 103 Å². The van der Waals surface area contributed by atoms with Crippen molar-refractivity contribution < 1.29 is 17.7 Å². The third kappa shape index (κ3) is 2.84. The molecular weight excluding hydrogens is 374 g/mol. The van der Waals surface area contributed by atoms with Crippen LogP contribution in [-0.4, -0.2) is 14.6 Å². The second kappa shape index (κ2) is 6.17. The smallest absolute Gasteiger partial charge is 0.244 e. The number of sulfonamides is 1. The van der Waals surface area contributed by atoms with Gasteiger partial charge in [0.2, 0.25) is 10.0 Å². The molecule has 10 heteroatoms. The number of nitrogens with two attached hydrogens (primary N) is 1. The van der Waals surface area contributed by atoms with Crippen molar-refractivity contribution in [1.82, 2.24) is 4.72 Å². The highest BCUT2D eigenvalue weighted by Crippen LogP contribution is 2.46. The number of allylic oxidation sites excluding steroid dienone is 2. The standard InChI is InChI=1S/C14H16ClN3O4S2/c15-10-5-11-13(6-12(10)23-22-21-16)24(19,20)18-14(17-11)9-4-7-1-2-8(9)3-7/h1-2,5-9,14,17-18H,3-4,16H2. The molecule has 3 aliphatic rings. The van der Waals surface area contributed by atoms with Gasteiger partial charge in [0.15, 0.2) is 0 Å². The number of fused-ring (bicyclic) bond motifs is 3. The Labute approximate surface area is 149 Å². The van der Waals surface area contributed by atoms with E-state index in [9.17, 15) is 8.42 Å². The van der Waals surface area contributed by atoms with Gasteiger partial charge in [-0.2, -0.15) is 10.6 Å². The first-order valence-electron chi connectivity index (χ1n) is 7.49. The Morgan fingerprint density at radius 1 is 1.29 bits per heavy atom. The molecule has 1 aliphatic heterocycles. The molecule has 1 heterocycles. The molecule has 0 spiro atoms. The molecule has 130 valence electrons. The zero-order valence-electron chi connectivity index (χ0n) is 12.4. The summed E-state index contributed by atoms with van der Waals surface area (Å²) in [6.45, 7) is 0. The minimum absolute atomic E-state index is 0.130. The van der Waals surface area contributed by atoms with E-state index < -0.39 is 10.0 Å². The molecule has 24 heavy (non-hydrogen) atoms. The maximum Gasteiger partial charge on any atom is 0.244 e. The SMILES string of the molecule is NOOSc1cc2c(cc1Cl)NC(C1CC3C=CC1C3)NS2(=O)=O. The highest BCUT2D eigenvalue weighted by Gasteiger charge is 2.43. The van der Waals surface area contributed by atoms with E-state index in [4.69, 9.17) is 17.5 Å². The second-order valence-electron chi connectivity index (χ2n) is 6.21. The van der Waals surface area contributed by atoms with Crippen LogP contribution < -0.4 is 15.9 Å². The van der Waals surface area contributed by atoms with Crippen LogP contribution in [0.4, 0.5) is 5.69 Å². The predicted octanol–water partition coefficient (Wildman–Crippen LogP) is 2.41. The molecule has 1 aromatic carbocycles. The van der Waals surface area contributed by atoms with E-state index in [2.05, 4.69) is 31.5 Å². The number of nitrogens with one attached hydrogen (secondary N) is 2. The molecule has 0 aromatic heterocycles. The third-order valence-corrected chi connectivity index (χ3v) is 7.41. The van der Waals surface area contributed by atoms with Gasteiger partial charge in [-0.1, -0.05) is 23.8 Å². The summed E-state index contributed by atoms with van der Waals surface area (Å²) >= 11 is 6.95. The monoisotopic (exact) mass is 389 g/mol. The molecule has 0 radical (unpaired) electrons. The van der Waals surface area contributed by atoms with Crippen LogP contribution in [0.1, 0.15) is 12.8 Å². The van der Waals surface area contributed by atoms with Crippen LogP contribution in [0.5, 0.6) is 0 Å². The zero-order chi connectivity index (χ0) is 16.9. The van der Waals surface area contributed by atoms with Crippen LogP contribution in [0.2, 0.25) is 5.02 Å². The van der Waals surface area contributed by atoms with Gasteiger partial charge < -0.3 is 5.32 Å². The van der Waals surface area contributed by atoms with Crippen LogP contribution in [0.3, 0.4) is 0 Å². The number of halogens is 1. The fourth-order valence-corrected chi connectivity index (χ4v) is 5.94. The van der Waals surface area contributed by atoms with Crippen molar-refractivity contribution in [2.75, 3.05) is 5.32 Å². The second-order valence-corrected chi connectivity index (χ2v) is 9.05. The van der Waals surface area contributed by atoms with Crippen molar-refractivity contribution in [1.29, 1.82) is 0 Å². The largest absolute Gasteiger partial charge is 0.368 e. The summed E-state index contributed by atoms with van der Waals surface area (Å²) in [5.74, 6) is 6.01. The maximum absolute atomic E-state index is 12.7. The van der Waals surface area contributed by atoms with Gasteiger partial charge in [0.25, 0.3) is 0 Å². The fraction of sp³-hybridized carbons (Fsp3) is 0.429. The predicted molar refractivity (Wildman–Crippen MR) is 90.2 cm³/mol. The highest BCUT2D eigenvalue weighted by molar-refractivity contribution is 7.94. The molecular formula is C14H16ClN3O4S2. The minimum atomic E-state index is -3.65. The van der Waals surface area contributed by atoms with Gasteiger partial charge in [-0.25, -0.2) is 8.42 Å². The summed E-state index contributed by atoms with van der Waals surface area (Å²) in [7, 11) is -3.65. The van der Waals surface area contributed by atoms with Gasteiger partial charge in [0.05, 0.1) is 33.8 Å². The summed E-state index contributed by atoms with van der Waals surface area (Å²) in [6.07, 6.45) is 6.18. The Kier molecular flexibility index (Phi) is 4.28. The first-order chi connectivity index (χ1) is 11.5. The quantitative estimate of drug-likeness (QED) is 0.314. The highest BCUT2D eigenvalue weighted by atomic mass is 35.5. The summed E-state index contributed by atoms with van der Waals surface area (Å²) < 4.78 is 32.6. The fourth-order valence-electron chi connectivity index (χ4n) is 3.82. The Morgan fingerprint density at radius 3 is 2.79 bits per heavy atom. The van der Waals surface area contributed by atoms with Crippen LogP contribution >= 0.6 is 23.6 Å². The summed E-state index contributed by atoms with van der Waals surface area (Å²) in [6, 6.07) is 3.03. The van der Waals surface area contributed by atoms with Crippen molar-refractivity contribution in [3.05, 3.63) is 29.3 Å². The van der Waals surface area contributed by atoms with E-state index in [1.54, 1.807) is 6.07 Å². The lowest BCUT2D eigenvalue weighted by Crippen LogP contribution is -2.50. The van der Waals surface area contributed by atoms with E-state index in [0.29, 0.717) is 27.4 Å². The number of rotatable bonds is 4. The van der Waals surface area contributed by atoms with E-state index in [0.717, 1.165) is 24.9 Å². The molecule has 4 atom stereocenters. The third-order valence-electron chi connectivity index (χ3n) is 4.84. The first kappa shape index (κ1) is 16.6. The molecule has 7 nitrogen and oxygen atoms in total. The molecule has 1 aromatic rings. The molecule has 2 bridgehead atoms. The molecule has 1 fully saturated rings. The zero-order valence-corrected chi connectivity index (χ0v) is 14.8. The molecule has 2 aliphatic carbocycles. The molecule has 1 saturated carbocycles. The van der Waals surface area contributed by atoms with Crippen molar-refractivity contribution in [2.45, 2.75) is 28.8 Å². The van der Waals surface area contributed by atoms with Gasteiger partial charge >= 0.3 is 0 Å². The van der Waals surface area contributed by atoms with Gasteiger partial charge in [-0.05, 0) is 36.8 Å². The van der Waals surface area contributed by atoms with Gasteiger partial charge in [0.1, 0.15) is 4.90 Å². The lowest BCUT2D eigenvalue weighted by Gasteiger charge is -2.35. The van der Waals surface area contributed by atoms with E-state index in [-0.39, 0.29) is 17.0 Å². The number of anilines is 1. The van der Waals surface area contributed by atoms with Crippen molar-refractivity contribution >= 4 is 39.4 Å². The Morgan fingerprint density at radius 2 is 2.12 bits per heavy atom. The molecule has 0 amide bonds. The van der Waals surface area contributed by atoms with Crippen LogP contribution in [0.15, 0.2) is 34.1 Å². The summed E-state index contributed by atoms with van der Waals surface area (Å²) in [4.78, 5) is 4.55. The molecule has 4 unspecified atom stereocenters. The number of hydrogen-bond acceptors (Lipinski definition) is 7. The lowest BCUT2D eigenvalue weighted by molar-refractivity contribution is -0.195. The maximum atomic E-state index is 12.7. The van der Waals surface area contributed by atoms with Crippen LogP contribution in [-0.2, 0) is 19.3 Å². The van der Waals surface area contributed by atoms with Gasteiger partial charge in [0, 0.05) is 5.92 Å². The van der Waals surface area contributed by atoms with Crippen molar-refractivity contribution in [3.63, 3.8) is 0 Å². The lowest BCUT2D eigenvalue weighted by atomic mass is 9.91. The Hall–Kier alpha value is -0.810. The van der Waals surface area contributed by atoms with Crippen LogP contribution in [0.25, 0.3) is 0 Å². The van der Waals surface area contributed by atoms with Crippen molar-refractivity contribution in [2.24, 2.45) is 23.7 Å². The van der Waals surface area contributed by atoms with Crippen LogP contribution in [0, 0.1) is 17.8 Å². The van der Waals surface area contributed by atoms with Gasteiger partial charge in [-0.15, -0.1) is 9.32 Å². The summed E-state index contributed by atoms with van der Waals surface area (Å²) in [5, 5.41) is 3.64. The van der Waals surface area contributed by atoms with Gasteiger partial charge in [-0.3, -0.25) is 0 Å². The average Bonchev–Trinajstić information content (AvgIpc) is 3.15. The number of hydrogen-bond donors (Lipinski definition) is 3. The Balaban J connectivity index is 1.65. The average molecular weight is 390 g/mol. The minimum Gasteiger partial charge on any atom is -0.368 e. The molecule has 4 rings (SSSR count).